The van der Waals surface area contributed by atoms with Crippen LogP contribution in [0.4, 0.5) is 13.2 Å². The van der Waals surface area contributed by atoms with Crippen molar-refractivity contribution in [3.8, 4) is 0 Å². The van der Waals surface area contributed by atoms with Crippen molar-refractivity contribution in [1.82, 2.24) is 4.90 Å². The molecule has 23 heavy (non-hydrogen) atoms. The average molecular weight is 331 g/mol. The van der Waals surface area contributed by atoms with E-state index in [0.717, 1.165) is 38.7 Å². The number of nitrogens with zero attached hydrogens (tertiary/aromatic N) is 1. The fourth-order valence-electron chi connectivity index (χ4n) is 3.10. The Morgan fingerprint density at radius 1 is 1.26 bits per heavy atom. The third-order valence-corrected chi connectivity index (χ3v) is 4.21. The van der Waals surface area contributed by atoms with E-state index >= 15 is 0 Å². The van der Waals surface area contributed by atoms with Crippen molar-refractivity contribution in [2.45, 2.75) is 31.5 Å². The van der Waals surface area contributed by atoms with E-state index in [1.807, 2.05) is 11.9 Å². The number of hydrogen-bond acceptors (Lipinski definition) is 3. The molecule has 0 spiro atoms. The zero-order valence-electron chi connectivity index (χ0n) is 13.4. The van der Waals surface area contributed by atoms with Crippen molar-refractivity contribution in [1.29, 1.82) is 0 Å². The second-order valence-electron chi connectivity index (χ2n) is 6.29. The summed E-state index contributed by atoms with van der Waals surface area (Å²) in [4.78, 5) is 2.00. The predicted molar refractivity (Wildman–Crippen MR) is 82.2 cm³/mol. The van der Waals surface area contributed by atoms with Crippen molar-refractivity contribution in [3.63, 3.8) is 0 Å². The molecule has 0 amide bonds. The van der Waals surface area contributed by atoms with Gasteiger partial charge in [-0.15, -0.1) is 0 Å². The molecule has 130 valence electrons. The molecule has 0 aromatic heterocycles. The average Bonchev–Trinajstić information content (AvgIpc) is 2.47. The molecule has 1 heterocycles. The van der Waals surface area contributed by atoms with Gasteiger partial charge in [-0.2, -0.15) is 13.2 Å². The lowest BCUT2D eigenvalue weighted by Crippen LogP contribution is -2.36. The molecule has 0 aliphatic carbocycles. The fraction of sp³-hybridized carbons (Fsp3) is 0.647. The van der Waals surface area contributed by atoms with E-state index in [1.54, 1.807) is 6.07 Å². The topological polar surface area (TPSA) is 32.7 Å². The molecule has 0 radical (unpaired) electrons. The molecule has 1 N–H and O–H groups in total. The van der Waals surface area contributed by atoms with Crippen LogP contribution in [0.1, 0.15) is 24.0 Å². The summed E-state index contributed by atoms with van der Waals surface area (Å²) in [5.41, 5.74) is -0.516. The minimum Gasteiger partial charge on any atom is -0.391 e. The van der Waals surface area contributed by atoms with E-state index in [4.69, 9.17) is 4.74 Å². The Morgan fingerprint density at radius 3 is 2.57 bits per heavy atom. The van der Waals surface area contributed by atoms with Gasteiger partial charge >= 0.3 is 6.18 Å². The van der Waals surface area contributed by atoms with Gasteiger partial charge in [-0.25, -0.2) is 0 Å². The van der Waals surface area contributed by atoms with Crippen LogP contribution in [0, 0.1) is 5.92 Å². The van der Waals surface area contributed by atoms with Crippen LogP contribution in [0.5, 0.6) is 0 Å². The Kier molecular flexibility index (Phi) is 6.44. The van der Waals surface area contributed by atoms with Crippen LogP contribution in [0.3, 0.4) is 0 Å². The van der Waals surface area contributed by atoms with Crippen LogP contribution in [-0.4, -0.2) is 49.5 Å². The van der Waals surface area contributed by atoms with Crippen molar-refractivity contribution in [3.05, 3.63) is 35.4 Å². The number of halogens is 3. The smallest absolute Gasteiger partial charge is 0.391 e. The molecule has 1 unspecified atom stereocenters. The number of benzene rings is 1. The van der Waals surface area contributed by atoms with Gasteiger partial charge in [0.25, 0.3) is 0 Å². The summed E-state index contributed by atoms with van der Waals surface area (Å²) in [6, 6.07) is 5.44. The zero-order valence-corrected chi connectivity index (χ0v) is 13.4. The highest BCUT2D eigenvalue weighted by Crippen LogP contribution is 2.32. The van der Waals surface area contributed by atoms with Crippen molar-refractivity contribution in [2.75, 3.05) is 33.4 Å². The van der Waals surface area contributed by atoms with Gasteiger partial charge in [-0.05, 0) is 37.4 Å². The maximum atomic E-state index is 13.0. The Morgan fingerprint density at radius 2 is 1.91 bits per heavy atom. The SMILES string of the molecule is CN(CC(O)Cc1ccccc1C(F)(F)F)CC1CCOCC1. The highest BCUT2D eigenvalue weighted by Gasteiger charge is 2.33. The van der Waals surface area contributed by atoms with E-state index in [-0.39, 0.29) is 12.0 Å². The van der Waals surface area contributed by atoms with Gasteiger partial charge in [-0.1, -0.05) is 18.2 Å². The standard InChI is InChI=1S/C17H24F3NO2/c1-21(11-13-6-8-23-9-7-13)12-15(22)10-14-4-2-3-5-16(14)17(18,19)20/h2-5,13,15,22H,6-12H2,1H3. The lowest BCUT2D eigenvalue weighted by Gasteiger charge is -2.28. The van der Waals surface area contributed by atoms with Gasteiger partial charge in [0.2, 0.25) is 0 Å². The molecule has 0 saturated carbocycles. The minimum absolute atomic E-state index is 0.00774. The first-order valence-electron chi connectivity index (χ1n) is 7.95. The number of aliphatic hydroxyl groups is 1. The quantitative estimate of drug-likeness (QED) is 0.870. The summed E-state index contributed by atoms with van der Waals surface area (Å²) in [6.07, 6.45) is -3.20. The Bertz CT molecular complexity index is 487. The van der Waals surface area contributed by atoms with Crippen LogP contribution < -0.4 is 0 Å². The van der Waals surface area contributed by atoms with Crippen LogP contribution in [0.25, 0.3) is 0 Å². The van der Waals surface area contributed by atoms with E-state index in [1.165, 1.54) is 12.1 Å². The highest BCUT2D eigenvalue weighted by molar-refractivity contribution is 5.30. The van der Waals surface area contributed by atoms with Crippen molar-refractivity contribution in [2.24, 2.45) is 5.92 Å². The first-order valence-corrected chi connectivity index (χ1v) is 7.95. The molecule has 6 heteroatoms. The van der Waals surface area contributed by atoms with Crippen molar-refractivity contribution >= 4 is 0 Å². The molecule has 1 fully saturated rings. The maximum absolute atomic E-state index is 13.0. The van der Waals surface area contributed by atoms with E-state index < -0.39 is 17.8 Å². The molecule has 1 aromatic carbocycles. The van der Waals surface area contributed by atoms with Gasteiger partial charge in [0.1, 0.15) is 0 Å². The van der Waals surface area contributed by atoms with Gasteiger partial charge in [0.05, 0.1) is 11.7 Å². The second-order valence-corrected chi connectivity index (χ2v) is 6.29. The third-order valence-electron chi connectivity index (χ3n) is 4.21. The lowest BCUT2D eigenvalue weighted by molar-refractivity contribution is -0.138. The zero-order chi connectivity index (χ0) is 16.9. The molecule has 0 bridgehead atoms. The Labute approximate surface area is 135 Å². The van der Waals surface area contributed by atoms with Crippen LogP contribution >= 0.6 is 0 Å². The molecule has 2 rings (SSSR count). The molecule has 1 aliphatic rings. The lowest BCUT2D eigenvalue weighted by atomic mass is 9.98. The summed E-state index contributed by atoms with van der Waals surface area (Å²) >= 11 is 0. The Hall–Kier alpha value is -1.11. The molecular weight excluding hydrogens is 307 g/mol. The third kappa shape index (κ3) is 5.79. The number of rotatable bonds is 6. The number of hydrogen-bond donors (Lipinski definition) is 1. The van der Waals surface area contributed by atoms with Crippen LogP contribution in [0.2, 0.25) is 0 Å². The summed E-state index contributed by atoms with van der Waals surface area (Å²) in [6.45, 7) is 2.73. The molecular formula is C17H24F3NO2. The molecule has 1 atom stereocenters. The first kappa shape index (κ1) is 18.2. The van der Waals surface area contributed by atoms with E-state index in [0.29, 0.717) is 12.5 Å². The number of alkyl halides is 3. The summed E-state index contributed by atoms with van der Waals surface area (Å²) in [7, 11) is 1.90. The highest BCUT2D eigenvalue weighted by atomic mass is 19.4. The predicted octanol–water partition coefficient (Wildman–Crippen LogP) is 2.97. The maximum Gasteiger partial charge on any atom is 0.416 e. The summed E-state index contributed by atoms with van der Waals surface area (Å²) in [5.74, 6) is 0.531. The number of likely N-dealkylation sites (N-methyl/N-ethyl adjacent to an activating group) is 1. The Balaban J connectivity index is 1.88. The molecule has 1 aliphatic heterocycles. The summed E-state index contributed by atoms with van der Waals surface area (Å²) in [5, 5.41) is 10.2. The molecule has 3 nitrogen and oxygen atoms in total. The second kappa shape index (κ2) is 8.13. The monoisotopic (exact) mass is 331 g/mol. The molecule has 1 saturated heterocycles. The van der Waals surface area contributed by atoms with Gasteiger partial charge < -0.3 is 14.7 Å². The van der Waals surface area contributed by atoms with E-state index in [9.17, 15) is 18.3 Å². The van der Waals surface area contributed by atoms with Gasteiger partial charge in [0, 0.05) is 32.7 Å². The van der Waals surface area contributed by atoms with Gasteiger partial charge in [-0.3, -0.25) is 0 Å². The van der Waals surface area contributed by atoms with Gasteiger partial charge in [0.15, 0.2) is 0 Å². The van der Waals surface area contributed by atoms with Crippen LogP contribution in [-0.2, 0) is 17.3 Å². The largest absolute Gasteiger partial charge is 0.416 e. The summed E-state index contributed by atoms with van der Waals surface area (Å²) < 4.78 is 44.2. The fourth-order valence-corrected chi connectivity index (χ4v) is 3.10. The van der Waals surface area contributed by atoms with Crippen molar-refractivity contribution < 1.29 is 23.0 Å². The van der Waals surface area contributed by atoms with Crippen LogP contribution in [0.15, 0.2) is 24.3 Å². The number of aliphatic hydroxyl groups excluding tert-OH is 1. The number of ether oxygens (including phenoxy) is 1. The molecule has 1 aromatic rings. The normalized spacial score (nSPS) is 18.3. The van der Waals surface area contributed by atoms with E-state index in [2.05, 4.69) is 0 Å². The minimum atomic E-state index is -4.38. The first-order chi connectivity index (χ1) is 10.9.